The summed E-state index contributed by atoms with van der Waals surface area (Å²) in [6.07, 6.45) is 7.00. The van der Waals surface area contributed by atoms with Gasteiger partial charge in [-0.2, -0.15) is 0 Å². The van der Waals surface area contributed by atoms with Crippen LogP contribution in [0.5, 0.6) is 0 Å². The number of esters is 1. The lowest BCUT2D eigenvalue weighted by molar-refractivity contribution is 0.0222. The molecule has 0 aliphatic rings. The quantitative estimate of drug-likeness (QED) is 0.327. The minimum atomic E-state index is -0.721. The van der Waals surface area contributed by atoms with Crippen LogP contribution in [0.25, 0.3) is 11.2 Å². The van der Waals surface area contributed by atoms with Gasteiger partial charge in [0, 0.05) is 58.9 Å². The van der Waals surface area contributed by atoms with E-state index in [2.05, 4.69) is 15.0 Å². The van der Waals surface area contributed by atoms with Gasteiger partial charge in [-0.05, 0) is 24.3 Å². The van der Waals surface area contributed by atoms with Crippen molar-refractivity contribution in [2.24, 2.45) is 14.1 Å². The van der Waals surface area contributed by atoms with Crippen molar-refractivity contribution in [2.45, 2.75) is 19.1 Å². The third kappa shape index (κ3) is 4.92. The second kappa shape index (κ2) is 10.3. The molecule has 0 radical (unpaired) electrons. The SMILES string of the molecule is CN(CCC(Cn1cnc2c1c(=O)n(C)c(=O)n2C)OC(=O)c1cccnc1)C(=O)c1cccnc1. The molecule has 4 rings (SSSR count). The molecule has 1 amide bonds. The molecule has 36 heavy (non-hydrogen) atoms. The van der Waals surface area contributed by atoms with Crippen molar-refractivity contribution in [3.05, 3.63) is 87.3 Å². The van der Waals surface area contributed by atoms with E-state index in [-0.39, 0.29) is 42.1 Å². The lowest BCUT2D eigenvalue weighted by Crippen LogP contribution is -2.38. The van der Waals surface area contributed by atoms with Crippen LogP contribution in [0, 0.1) is 0 Å². The van der Waals surface area contributed by atoms with Crippen molar-refractivity contribution in [2.75, 3.05) is 13.6 Å². The van der Waals surface area contributed by atoms with Crippen molar-refractivity contribution < 1.29 is 14.3 Å². The molecule has 0 saturated heterocycles. The van der Waals surface area contributed by atoms with Crippen LogP contribution in [-0.2, 0) is 25.4 Å². The summed E-state index contributed by atoms with van der Waals surface area (Å²) in [5.74, 6) is -0.809. The lowest BCUT2D eigenvalue weighted by atomic mass is 10.2. The second-order valence-electron chi connectivity index (χ2n) is 8.30. The van der Waals surface area contributed by atoms with Gasteiger partial charge in [0.1, 0.15) is 6.10 Å². The van der Waals surface area contributed by atoms with Gasteiger partial charge >= 0.3 is 11.7 Å². The van der Waals surface area contributed by atoms with Crippen LogP contribution in [0.4, 0.5) is 0 Å². The van der Waals surface area contributed by atoms with Gasteiger partial charge in [0.2, 0.25) is 0 Å². The zero-order valence-electron chi connectivity index (χ0n) is 20.1. The number of carbonyl (C=O) groups excluding carboxylic acids is 2. The summed E-state index contributed by atoms with van der Waals surface area (Å²) in [4.78, 5) is 64.3. The standard InChI is InChI=1S/C24H25N7O5/c1-28(21(32)16-6-4-9-25-12-16)11-8-18(36-23(34)17-7-5-10-26-13-17)14-31-15-27-20-19(31)22(33)30(3)24(35)29(20)2/h4-7,9-10,12-13,15,18H,8,11,14H2,1-3H3. The van der Waals surface area contributed by atoms with Crippen LogP contribution in [0.1, 0.15) is 27.1 Å². The Morgan fingerprint density at radius 3 is 2.33 bits per heavy atom. The molecule has 0 fully saturated rings. The first-order valence-corrected chi connectivity index (χ1v) is 11.1. The molecular weight excluding hydrogens is 466 g/mol. The third-order valence-corrected chi connectivity index (χ3v) is 5.83. The number of ether oxygens (including phenoxy) is 1. The van der Waals surface area contributed by atoms with Gasteiger partial charge < -0.3 is 14.2 Å². The Morgan fingerprint density at radius 2 is 1.69 bits per heavy atom. The Hall–Kier alpha value is -4.61. The third-order valence-electron chi connectivity index (χ3n) is 5.83. The molecule has 4 heterocycles. The van der Waals surface area contributed by atoms with Crippen molar-refractivity contribution in [1.82, 2.24) is 33.6 Å². The first-order chi connectivity index (χ1) is 17.3. The fourth-order valence-electron chi connectivity index (χ4n) is 3.79. The first kappa shape index (κ1) is 24.5. The topological polar surface area (TPSA) is 134 Å². The largest absolute Gasteiger partial charge is 0.457 e. The van der Waals surface area contributed by atoms with Gasteiger partial charge in [0.15, 0.2) is 11.2 Å². The molecule has 0 aliphatic heterocycles. The highest BCUT2D eigenvalue weighted by molar-refractivity contribution is 5.93. The molecule has 0 spiro atoms. The van der Waals surface area contributed by atoms with Gasteiger partial charge in [-0.1, -0.05) is 0 Å². The smallest absolute Gasteiger partial charge is 0.340 e. The minimum absolute atomic E-state index is 0.0882. The van der Waals surface area contributed by atoms with Crippen LogP contribution in [-0.4, -0.2) is 65.1 Å². The van der Waals surface area contributed by atoms with Crippen LogP contribution >= 0.6 is 0 Å². The van der Waals surface area contributed by atoms with E-state index < -0.39 is 23.3 Å². The van der Waals surface area contributed by atoms with Crippen molar-refractivity contribution in [3.8, 4) is 0 Å². The number of carbonyl (C=O) groups is 2. The highest BCUT2D eigenvalue weighted by atomic mass is 16.5. The lowest BCUT2D eigenvalue weighted by Gasteiger charge is -2.23. The summed E-state index contributed by atoms with van der Waals surface area (Å²) in [7, 11) is 4.56. The number of aryl methyl sites for hydroxylation is 1. The number of aromatic nitrogens is 6. The molecule has 0 aromatic carbocycles. The predicted molar refractivity (Wildman–Crippen MR) is 129 cm³/mol. The Morgan fingerprint density at radius 1 is 1.03 bits per heavy atom. The minimum Gasteiger partial charge on any atom is -0.457 e. The van der Waals surface area contributed by atoms with Gasteiger partial charge in [0.05, 0.1) is 24.0 Å². The normalized spacial score (nSPS) is 11.9. The maximum Gasteiger partial charge on any atom is 0.340 e. The molecule has 0 aliphatic carbocycles. The van der Waals surface area contributed by atoms with Crippen LogP contribution in [0.3, 0.4) is 0 Å². The summed E-state index contributed by atoms with van der Waals surface area (Å²) in [5, 5.41) is 0. The first-order valence-electron chi connectivity index (χ1n) is 11.1. The van der Waals surface area contributed by atoms with E-state index >= 15 is 0 Å². The number of fused-ring (bicyclic) bond motifs is 1. The summed E-state index contributed by atoms with van der Waals surface area (Å²) >= 11 is 0. The van der Waals surface area contributed by atoms with E-state index in [0.29, 0.717) is 5.56 Å². The number of hydrogen-bond acceptors (Lipinski definition) is 8. The molecule has 4 aromatic rings. The summed E-state index contributed by atoms with van der Waals surface area (Å²) in [6.45, 7) is 0.354. The number of imidazole rings is 1. The van der Waals surface area contributed by atoms with Gasteiger partial charge in [-0.15, -0.1) is 0 Å². The summed E-state index contributed by atoms with van der Waals surface area (Å²) < 4.78 is 9.60. The second-order valence-corrected chi connectivity index (χ2v) is 8.30. The molecule has 4 aromatic heterocycles. The summed E-state index contributed by atoms with van der Waals surface area (Å²) in [5.41, 5.74) is 0.149. The zero-order valence-corrected chi connectivity index (χ0v) is 20.1. The van der Waals surface area contributed by atoms with E-state index in [4.69, 9.17) is 4.74 Å². The average molecular weight is 492 g/mol. The van der Waals surface area contributed by atoms with Crippen LogP contribution in [0.2, 0.25) is 0 Å². The molecule has 12 nitrogen and oxygen atoms in total. The Labute approximate surface area is 205 Å². The van der Waals surface area contributed by atoms with Crippen molar-refractivity contribution >= 4 is 23.0 Å². The van der Waals surface area contributed by atoms with Gasteiger partial charge in [-0.25, -0.2) is 14.6 Å². The molecule has 1 atom stereocenters. The Bertz CT molecular complexity index is 1510. The highest BCUT2D eigenvalue weighted by Gasteiger charge is 2.22. The highest BCUT2D eigenvalue weighted by Crippen LogP contribution is 2.13. The molecule has 1 unspecified atom stereocenters. The molecule has 12 heteroatoms. The molecular formula is C24H25N7O5. The predicted octanol–water partition coefficient (Wildman–Crippen LogP) is 0.612. The molecule has 186 valence electrons. The fraction of sp³-hybridized carbons (Fsp3) is 0.292. The monoisotopic (exact) mass is 491 g/mol. The Kier molecular flexibility index (Phi) is 7.04. The van der Waals surface area contributed by atoms with E-state index in [1.165, 1.54) is 42.3 Å². The maximum atomic E-state index is 12.8. The molecule has 0 saturated carbocycles. The number of hydrogen-bond donors (Lipinski definition) is 0. The average Bonchev–Trinajstić information content (AvgIpc) is 3.33. The number of nitrogens with zero attached hydrogens (tertiary/aromatic N) is 7. The van der Waals surface area contributed by atoms with Gasteiger partial charge in [0.25, 0.3) is 11.5 Å². The number of pyridine rings is 2. The Balaban J connectivity index is 1.60. The van der Waals surface area contributed by atoms with Gasteiger partial charge in [-0.3, -0.25) is 28.7 Å². The maximum absolute atomic E-state index is 12.8. The molecule has 0 N–H and O–H groups in total. The van der Waals surface area contributed by atoms with Crippen molar-refractivity contribution in [1.29, 1.82) is 0 Å². The van der Waals surface area contributed by atoms with E-state index in [1.54, 1.807) is 48.3 Å². The summed E-state index contributed by atoms with van der Waals surface area (Å²) in [6, 6.07) is 6.56. The molecule has 0 bridgehead atoms. The fourth-order valence-corrected chi connectivity index (χ4v) is 3.79. The zero-order chi connectivity index (χ0) is 25.8. The number of rotatable bonds is 8. The van der Waals surface area contributed by atoms with E-state index in [9.17, 15) is 19.2 Å². The van der Waals surface area contributed by atoms with Crippen LogP contribution in [0.15, 0.2) is 65.0 Å². The number of amides is 1. The van der Waals surface area contributed by atoms with Crippen LogP contribution < -0.4 is 11.2 Å². The van der Waals surface area contributed by atoms with Crippen molar-refractivity contribution in [3.63, 3.8) is 0 Å². The van der Waals surface area contributed by atoms with E-state index in [0.717, 1.165) is 4.57 Å². The van der Waals surface area contributed by atoms with E-state index in [1.807, 2.05) is 0 Å².